The Morgan fingerprint density at radius 2 is 1.43 bits per heavy atom. The van der Waals surface area contributed by atoms with Gasteiger partial charge in [0, 0.05) is 6.54 Å². The van der Waals surface area contributed by atoms with E-state index in [2.05, 4.69) is 0 Å². The maximum Gasteiger partial charge on any atom is 0.355 e. The van der Waals surface area contributed by atoms with Crippen LogP contribution >= 0.6 is 0 Å². The van der Waals surface area contributed by atoms with Crippen molar-refractivity contribution in [3.05, 3.63) is 22.5 Å². The number of hydrogen-bond acceptors (Lipinski definition) is 5. The van der Waals surface area contributed by atoms with Crippen LogP contribution in [0.5, 0.6) is 0 Å². The molecule has 126 valence electrons. The molecule has 0 unspecified atom stereocenters. The Balaban J connectivity index is 3.63. The summed E-state index contributed by atoms with van der Waals surface area (Å²) in [5.41, 5.74) is -3.15. The molecule has 0 aliphatic rings. The summed E-state index contributed by atoms with van der Waals surface area (Å²) in [5.74, 6) is -6.15. The van der Waals surface area contributed by atoms with E-state index < -0.39 is 46.4 Å². The average Bonchev–Trinajstić information content (AvgIpc) is 2.82. The second-order valence-electron chi connectivity index (χ2n) is 4.60. The highest BCUT2D eigenvalue weighted by Crippen LogP contribution is 2.25. The maximum atomic E-state index is 12.1. The zero-order valence-corrected chi connectivity index (χ0v) is 12.7. The van der Waals surface area contributed by atoms with Crippen molar-refractivity contribution in [2.75, 3.05) is 6.61 Å². The molecule has 0 amide bonds. The first-order valence-electron chi connectivity index (χ1n) is 6.91. The number of carbonyl (C=O) groups excluding carboxylic acids is 1. The summed E-state index contributed by atoms with van der Waals surface area (Å²) >= 11 is 0. The third-order valence-electron chi connectivity index (χ3n) is 3.13. The number of carboxylic acid groups (broad SMARTS) is 3. The smallest absolute Gasteiger partial charge is 0.355 e. The number of carboxylic acids is 3. The highest BCUT2D eigenvalue weighted by Gasteiger charge is 2.37. The molecule has 0 spiro atoms. The minimum Gasteiger partial charge on any atom is -0.478 e. The van der Waals surface area contributed by atoms with E-state index >= 15 is 0 Å². The molecule has 1 heterocycles. The molecule has 0 aromatic carbocycles. The fourth-order valence-electron chi connectivity index (χ4n) is 2.16. The van der Waals surface area contributed by atoms with E-state index in [0.717, 1.165) is 11.0 Å². The summed E-state index contributed by atoms with van der Waals surface area (Å²) in [4.78, 5) is 46.2. The summed E-state index contributed by atoms with van der Waals surface area (Å²) < 4.78 is 5.76. The Labute approximate surface area is 131 Å². The highest BCUT2D eigenvalue weighted by atomic mass is 16.5. The predicted molar refractivity (Wildman–Crippen MR) is 76.2 cm³/mol. The zero-order chi connectivity index (χ0) is 17.7. The minimum atomic E-state index is -1.74. The van der Waals surface area contributed by atoms with Crippen LogP contribution in [0, 0.1) is 0 Å². The predicted octanol–water partition coefficient (Wildman–Crippen LogP) is 1.56. The molecule has 0 atom stereocenters. The van der Waals surface area contributed by atoms with Crippen molar-refractivity contribution in [3.8, 4) is 0 Å². The number of esters is 1. The van der Waals surface area contributed by atoms with E-state index in [1.165, 1.54) is 6.92 Å². The summed E-state index contributed by atoms with van der Waals surface area (Å²) in [6, 6.07) is 0. The lowest BCUT2D eigenvalue weighted by atomic mass is 10.1. The molecule has 3 N–H and O–H groups in total. The standard InChI is InChI=1S/C14H17NO8/c1-3-5-6-23-14(22)10-8(12(18)19)7(11(16)17)9(13(20)21)15(10)4-2/h3-6H2,1-2H3,(H,16,17)(H,18,19)(H,20,21). The van der Waals surface area contributed by atoms with Gasteiger partial charge in [-0.3, -0.25) is 0 Å². The van der Waals surface area contributed by atoms with Crippen molar-refractivity contribution >= 4 is 23.9 Å². The van der Waals surface area contributed by atoms with Gasteiger partial charge in [-0.15, -0.1) is 0 Å². The summed E-state index contributed by atoms with van der Waals surface area (Å²) in [5, 5.41) is 27.6. The van der Waals surface area contributed by atoms with Gasteiger partial charge < -0.3 is 24.6 Å². The number of aromatic nitrogens is 1. The molecule has 0 saturated carbocycles. The third-order valence-corrected chi connectivity index (χ3v) is 3.13. The highest BCUT2D eigenvalue weighted by molar-refractivity contribution is 6.14. The van der Waals surface area contributed by atoms with Crippen LogP contribution in [0.3, 0.4) is 0 Å². The molecule has 0 aliphatic heterocycles. The monoisotopic (exact) mass is 327 g/mol. The zero-order valence-electron chi connectivity index (χ0n) is 12.7. The molecule has 1 aromatic heterocycles. The first kappa shape index (κ1) is 18.2. The van der Waals surface area contributed by atoms with Gasteiger partial charge in [0.1, 0.15) is 22.5 Å². The molecule has 0 bridgehead atoms. The number of aromatic carboxylic acids is 3. The lowest BCUT2D eigenvalue weighted by Gasteiger charge is -2.09. The second kappa shape index (κ2) is 7.43. The SMILES string of the molecule is CCCCOC(=O)c1c(C(=O)O)c(C(=O)O)c(C(=O)O)n1CC. The molecule has 0 fully saturated rings. The Morgan fingerprint density at radius 3 is 1.83 bits per heavy atom. The molecule has 23 heavy (non-hydrogen) atoms. The molecule has 9 nitrogen and oxygen atoms in total. The number of rotatable bonds is 8. The van der Waals surface area contributed by atoms with Crippen LogP contribution in [0.4, 0.5) is 0 Å². The molecule has 0 radical (unpaired) electrons. The van der Waals surface area contributed by atoms with Crippen LogP contribution in [-0.4, -0.2) is 50.4 Å². The number of carbonyl (C=O) groups is 4. The lowest BCUT2D eigenvalue weighted by molar-refractivity contribution is 0.0476. The van der Waals surface area contributed by atoms with Crippen molar-refractivity contribution < 1.29 is 39.2 Å². The van der Waals surface area contributed by atoms with Gasteiger partial charge in [0.15, 0.2) is 0 Å². The molecule has 1 aromatic rings. The number of hydrogen-bond donors (Lipinski definition) is 3. The quantitative estimate of drug-likeness (QED) is 0.482. The average molecular weight is 327 g/mol. The normalized spacial score (nSPS) is 10.3. The van der Waals surface area contributed by atoms with Gasteiger partial charge in [-0.25, -0.2) is 19.2 Å². The van der Waals surface area contributed by atoms with Crippen LogP contribution < -0.4 is 0 Å². The number of ether oxygens (including phenoxy) is 1. The van der Waals surface area contributed by atoms with E-state index in [9.17, 15) is 34.5 Å². The lowest BCUT2D eigenvalue weighted by Crippen LogP contribution is -2.18. The van der Waals surface area contributed by atoms with Gasteiger partial charge in [-0.2, -0.15) is 0 Å². The van der Waals surface area contributed by atoms with Crippen molar-refractivity contribution in [1.82, 2.24) is 4.57 Å². The van der Waals surface area contributed by atoms with Crippen LogP contribution in [0.15, 0.2) is 0 Å². The maximum absolute atomic E-state index is 12.1. The van der Waals surface area contributed by atoms with Crippen LogP contribution in [0.25, 0.3) is 0 Å². The Bertz CT molecular complexity index is 658. The van der Waals surface area contributed by atoms with Crippen LogP contribution in [0.2, 0.25) is 0 Å². The summed E-state index contributed by atoms with van der Waals surface area (Å²) in [6.07, 6.45) is 1.27. The van der Waals surface area contributed by atoms with Crippen molar-refractivity contribution in [2.45, 2.75) is 33.2 Å². The first-order chi connectivity index (χ1) is 10.8. The van der Waals surface area contributed by atoms with E-state index in [1.54, 1.807) is 0 Å². The van der Waals surface area contributed by atoms with E-state index in [-0.39, 0.29) is 13.2 Å². The molecular formula is C14H17NO8. The second-order valence-corrected chi connectivity index (χ2v) is 4.60. The Morgan fingerprint density at radius 1 is 0.913 bits per heavy atom. The Kier molecular flexibility index (Phi) is 5.88. The van der Waals surface area contributed by atoms with Gasteiger partial charge in [0.2, 0.25) is 0 Å². The number of unbranched alkanes of at least 4 members (excludes halogenated alkanes) is 1. The molecule has 0 saturated heterocycles. The van der Waals surface area contributed by atoms with Crippen LogP contribution in [-0.2, 0) is 11.3 Å². The van der Waals surface area contributed by atoms with E-state index in [0.29, 0.717) is 6.42 Å². The third kappa shape index (κ3) is 3.50. The minimum absolute atomic E-state index is 0.0219. The fraction of sp³-hybridized carbons (Fsp3) is 0.429. The fourth-order valence-corrected chi connectivity index (χ4v) is 2.16. The largest absolute Gasteiger partial charge is 0.478 e. The molecule has 9 heteroatoms. The van der Waals surface area contributed by atoms with E-state index in [4.69, 9.17) is 4.74 Å². The molecular weight excluding hydrogens is 310 g/mol. The number of nitrogens with zero attached hydrogens (tertiary/aromatic N) is 1. The molecule has 0 aliphatic carbocycles. The van der Waals surface area contributed by atoms with E-state index in [1.807, 2.05) is 6.92 Å². The van der Waals surface area contributed by atoms with Gasteiger partial charge in [-0.1, -0.05) is 13.3 Å². The topological polar surface area (TPSA) is 143 Å². The van der Waals surface area contributed by atoms with Gasteiger partial charge in [-0.05, 0) is 13.3 Å². The summed E-state index contributed by atoms with van der Waals surface area (Å²) in [7, 11) is 0. The van der Waals surface area contributed by atoms with Gasteiger partial charge in [0.25, 0.3) is 0 Å². The van der Waals surface area contributed by atoms with Crippen molar-refractivity contribution in [3.63, 3.8) is 0 Å². The van der Waals surface area contributed by atoms with Gasteiger partial charge >= 0.3 is 23.9 Å². The van der Waals surface area contributed by atoms with Gasteiger partial charge in [0.05, 0.1) is 6.61 Å². The summed E-state index contributed by atoms with van der Waals surface area (Å²) in [6.45, 7) is 3.24. The molecule has 1 rings (SSSR count). The first-order valence-corrected chi connectivity index (χ1v) is 6.91. The van der Waals surface area contributed by atoms with Crippen LogP contribution in [0.1, 0.15) is 68.4 Å². The Hall–Kier alpha value is -2.84. The van der Waals surface area contributed by atoms with Crippen molar-refractivity contribution in [2.24, 2.45) is 0 Å². The van der Waals surface area contributed by atoms with Crippen molar-refractivity contribution in [1.29, 1.82) is 0 Å².